The van der Waals surface area contributed by atoms with E-state index in [4.69, 9.17) is 31.2 Å². The molecule has 8 nitrogen and oxygen atoms in total. The van der Waals surface area contributed by atoms with Gasteiger partial charge in [-0.05, 0) is 62.2 Å². The number of amides is 1. The van der Waals surface area contributed by atoms with Crippen molar-refractivity contribution >= 4 is 29.1 Å². The summed E-state index contributed by atoms with van der Waals surface area (Å²) in [5.41, 5.74) is 3.93. The van der Waals surface area contributed by atoms with Crippen LogP contribution in [0, 0.1) is 5.92 Å². The molecule has 37 heavy (non-hydrogen) atoms. The van der Waals surface area contributed by atoms with E-state index in [0.717, 1.165) is 23.3 Å². The van der Waals surface area contributed by atoms with E-state index < -0.39 is 0 Å². The highest BCUT2D eigenvalue weighted by Gasteiger charge is 2.31. The molecule has 0 unspecified atom stereocenters. The maximum atomic E-state index is 13.9. The number of ether oxygens (including phenoxy) is 2. The first kappa shape index (κ1) is 24.8. The second-order valence-electron chi connectivity index (χ2n) is 8.90. The first-order valence-electron chi connectivity index (χ1n) is 12.2. The molecule has 0 aliphatic carbocycles. The zero-order valence-electron chi connectivity index (χ0n) is 20.7. The molecule has 1 fully saturated rings. The number of carbonyl (C=O) groups excluding carboxylic acids is 2. The van der Waals surface area contributed by atoms with Crippen LogP contribution in [0.3, 0.4) is 0 Å². The smallest absolute Gasteiger partial charge is 0.310 e. The predicted octanol–water partition coefficient (Wildman–Crippen LogP) is 5.14. The van der Waals surface area contributed by atoms with Crippen molar-refractivity contribution in [1.29, 1.82) is 0 Å². The number of benzene rings is 2. The van der Waals surface area contributed by atoms with Crippen LogP contribution < -0.4 is 4.74 Å². The van der Waals surface area contributed by atoms with E-state index in [9.17, 15) is 9.59 Å². The molecule has 0 radical (unpaired) electrons. The van der Waals surface area contributed by atoms with Gasteiger partial charge in [0.05, 0.1) is 31.0 Å². The molecule has 1 aliphatic heterocycles. The molecule has 0 spiro atoms. The third kappa shape index (κ3) is 5.15. The normalized spacial score (nSPS) is 15.5. The van der Waals surface area contributed by atoms with Crippen molar-refractivity contribution in [2.24, 2.45) is 5.92 Å². The third-order valence-electron chi connectivity index (χ3n) is 6.50. The van der Waals surface area contributed by atoms with Gasteiger partial charge in [-0.15, -0.1) is 0 Å². The topological polar surface area (TPSA) is 86.0 Å². The first-order chi connectivity index (χ1) is 18.0. The first-order valence-corrected chi connectivity index (χ1v) is 12.6. The van der Waals surface area contributed by atoms with E-state index in [1.165, 1.54) is 0 Å². The van der Waals surface area contributed by atoms with Crippen molar-refractivity contribution in [2.45, 2.75) is 19.8 Å². The molecule has 0 bridgehead atoms. The fraction of sp³-hybridized carbons (Fsp3) is 0.286. The van der Waals surface area contributed by atoms with E-state index in [1.54, 1.807) is 41.6 Å². The van der Waals surface area contributed by atoms with Crippen molar-refractivity contribution in [3.63, 3.8) is 0 Å². The van der Waals surface area contributed by atoms with Gasteiger partial charge in [0.2, 0.25) is 0 Å². The number of hydrogen-bond acceptors (Lipinski definition) is 6. The number of nitrogens with zero attached hydrogens (tertiary/aromatic N) is 4. The number of rotatable bonds is 6. The number of methoxy groups -OCH3 is 1. The van der Waals surface area contributed by atoms with E-state index in [-0.39, 0.29) is 17.8 Å². The maximum Gasteiger partial charge on any atom is 0.310 e. The molecule has 1 aliphatic rings. The van der Waals surface area contributed by atoms with Gasteiger partial charge >= 0.3 is 5.97 Å². The SMILES string of the molecule is CCOC(=O)[C@H]1CCCN(C(=O)c2cc(-c3ccc(OC)cc3)nc3cc(-c4ccc(Cl)cc4)nn23)C1. The van der Waals surface area contributed by atoms with Crippen LogP contribution in [0.2, 0.25) is 5.02 Å². The summed E-state index contributed by atoms with van der Waals surface area (Å²) >= 11 is 6.06. The molecular formula is C28H27ClN4O4. The molecule has 190 valence electrons. The van der Waals surface area contributed by atoms with Gasteiger partial charge in [-0.25, -0.2) is 9.50 Å². The molecule has 4 aromatic rings. The van der Waals surface area contributed by atoms with E-state index >= 15 is 0 Å². The average molecular weight is 519 g/mol. The van der Waals surface area contributed by atoms with Crippen LogP contribution in [0.15, 0.2) is 60.7 Å². The van der Waals surface area contributed by atoms with Crippen LogP contribution in [0.1, 0.15) is 30.3 Å². The Balaban J connectivity index is 1.57. The lowest BCUT2D eigenvalue weighted by molar-refractivity contribution is -0.149. The number of likely N-dealkylation sites (tertiary alicyclic amines) is 1. The highest BCUT2D eigenvalue weighted by molar-refractivity contribution is 6.30. The summed E-state index contributed by atoms with van der Waals surface area (Å²) in [7, 11) is 1.61. The third-order valence-corrected chi connectivity index (χ3v) is 6.75. The molecule has 0 N–H and O–H groups in total. The van der Waals surface area contributed by atoms with Crippen LogP contribution in [-0.4, -0.2) is 58.2 Å². The van der Waals surface area contributed by atoms with E-state index in [2.05, 4.69) is 0 Å². The van der Waals surface area contributed by atoms with Gasteiger partial charge in [-0.1, -0.05) is 23.7 Å². The summed E-state index contributed by atoms with van der Waals surface area (Å²) in [6.07, 6.45) is 1.43. The summed E-state index contributed by atoms with van der Waals surface area (Å²) in [5.74, 6) is -0.0723. The minimum absolute atomic E-state index is 0.207. The monoisotopic (exact) mass is 518 g/mol. The van der Waals surface area contributed by atoms with Gasteiger partial charge in [0.1, 0.15) is 11.4 Å². The lowest BCUT2D eigenvalue weighted by Gasteiger charge is -2.31. The minimum Gasteiger partial charge on any atom is -0.497 e. The Morgan fingerprint density at radius 2 is 1.73 bits per heavy atom. The van der Waals surface area contributed by atoms with Gasteiger partial charge in [0.15, 0.2) is 5.65 Å². The summed E-state index contributed by atoms with van der Waals surface area (Å²) in [6.45, 7) is 2.97. The predicted molar refractivity (Wildman–Crippen MR) is 141 cm³/mol. The fourth-order valence-electron chi connectivity index (χ4n) is 4.57. The Kier molecular flexibility index (Phi) is 7.10. The van der Waals surface area contributed by atoms with Crippen molar-refractivity contribution in [3.8, 4) is 28.3 Å². The lowest BCUT2D eigenvalue weighted by Crippen LogP contribution is -2.43. The second-order valence-corrected chi connectivity index (χ2v) is 9.34. The number of piperidine rings is 1. The van der Waals surface area contributed by atoms with Crippen LogP contribution in [0.25, 0.3) is 28.2 Å². The van der Waals surface area contributed by atoms with E-state index in [1.807, 2.05) is 42.5 Å². The Hall–Kier alpha value is -3.91. The van der Waals surface area contributed by atoms with Crippen LogP contribution in [-0.2, 0) is 9.53 Å². The quantitative estimate of drug-likeness (QED) is 0.328. The highest BCUT2D eigenvalue weighted by atomic mass is 35.5. The lowest BCUT2D eigenvalue weighted by atomic mass is 9.98. The second kappa shape index (κ2) is 10.6. The van der Waals surface area contributed by atoms with Gasteiger partial charge in [-0.2, -0.15) is 5.10 Å². The number of fused-ring (bicyclic) bond motifs is 1. The molecule has 3 heterocycles. The Bertz CT molecular complexity index is 1430. The molecule has 1 atom stereocenters. The van der Waals surface area contributed by atoms with Crippen LogP contribution in [0.4, 0.5) is 0 Å². The van der Waals surface area contributed by atoms with Gasteiger partial charge < -0.3 is 14.4 Å². The molecule has 1 amide bonds. The number of halogens is 1. The van der Waals surface area contributed by atoms with Crippen molar-refractivity contribution in [1.82, 2.24) is 19.5 Å². The Morgan fingerprint density at radius 1 is 1.03 bits per heavy atom. The molecule has 2 aromatic heterocycles. The number of hydrogen-bond donors (Lipinski definition) is 0. The average Bonchev–Trinajstić information content (AvgIpc) is 3.37. The highest BCUT2D eigenvalue weighted by Crippen LogP contribution is 2.28. The Morgan fingerprint density at radius 3 is 2.43 bits per heavy atom. The van der Waals surface area contributed by atoms with Crippen LogP contribution >= 0.6 is 11.6 Å². The van der Waals surface area contributed by atoms with Crippen molar-refractivity contribution < 1.29 is 19.1 Å². The Labute approximate surface area is 219 Å². The van der Waals surface area contributed by atoms with E-state index in [0.29, 0.717) is 53.9 Å². The molecule has 1 saturated heterocycles. The number of aromatic nitrogens is 3. The number of carbonyl (C=O) groups is 2. The van der Waals surface area contributed by atoms with Crippen molar-refractivity contribution in [3.05, 3.63) is 71.4 Å². The molecule has 5 rings (SSSR count). The zero-order chi connectivity index (χ0) is 25.9. The summed E-state index contributed by atoms with van der Waals surface area (Å²) in [4.78, 5) is 32.8. The number of esters is 1. The van der Waals surface area contributed by atoms with Gasteiger partial charge in [-0.3, -0.25) is 9.59 Å². The standard InChI is InChI=1S/C28H27ClN4O4/c1-3-37-28(35)20-5-4-14-32(17-20)27(34)25-15-23(18-8-12-22(36-2)13-9-18)30-26-16-24(31-33(25)26)19-6-10-21(29)11-7-19/h6-13,15-16,20H,3-5,14,17H2,1-2H3/t20-/m0/s1. The molecular weight excluding hydrogens is 492 g/mol. The van der Waals surface area contributed by atoms with Crippen LogP contribution in [0.5, 0.6) is 5.75 Å². The minimum atomic E-state index is -0.335. The molecule has 9 heteroatoms. The summed E-state index contributed by atoms with van der Waals surface area (Å²) in [5, 5.41) is 5.36. The largest absolute Gasteiger partial charge is 0.497 e. The fourth-order valence-corrected chi connectivity index (χ4v) is 4.70. The molecule has 0 saturated carbocycles. The maximum absolute atomic E-state index is 13.9. The summed E-state index contributed by atoms with van der Waals surface area (Å²) in [6, 6.07) is 18.5. The van der Waals surface area contributed by atoms with Crippen molar-refractivity contribution in [2.75, 3.05) is 26.8 Å². The zero-order valence-corrected chi connectivity index (χ0v) is 21.4. The van der Waals surface area contributed by atoms with Gasteiger partial charge in [0.25, 0.3) is 5.91 Å². The summed E-state index contributed by atoms with van der Waals surface area (Å²) < 4.78 is 12.1. The van der Waals surface area contributed by atoms with Gasteiger partial charge in [0, 0.05) is 35.3 Å². The molecule has 2 aromatic carbocycles.